The van der Waals surface area contributed by atoms with Gasteiger partial charge in [-0.25, -0.2) is 4.98 Å². The first-order valence-corrected chi connectivity index (χ1v) is 19.0. The maximum atomic E-state index is 12.0. The molecule has 8 rings (SSSR count). The van der Waals surface area contributed by atoms with E-state index in [1.54, 1.807) is 30.3 Å². The summed E-state index contributed by atoms with van der Waals surface area (Å²) in [5.74, 6) is 0.509. The maximum Gasteiger partial charge on any atom is 0.148 e. The van der Waals surface area contributed by atoms with E-state index in [1.807, 2.05) is 78.2 Å². The second kappa shape index (κ2) is 15.6. The number of pyridine rings is 1. The summed E-state index contributed by atoms with van der Waals surface area (Å²) in [5, 5.41) is 12.0. The zero-order chi connectivity index (χ0) is 48.7. The molecule has 5 heteroatoms. The van der Waals surface area contributed by atoms with Crippen LogP contribution in [0.3, 0.4) is 0 Å². The summed E-state index contributed by atoms with van der Waals surface area (Å²) in [6.07, 6.45) is 1.52. The van der Waals surface area contributed by atoms with Crippen LogP contribution in [-0.2, 0) is 31.9 Å². The molecular formula is C53H50N3OPt-. The van der Waals surface area contributed by atoms with Gasteiger partial charge in [-0.3, -0.25) is 9.55 Å². The molecule has 0 saturated heterocycles. The van der Waals surface area contributed by atoms with E-state index in [0.717, 1.165) is 16.7 Å². The minimum atomic E-state index is -2.84. The van der Waals surface area contributed by atoms with E-state index in [4.69, 9.17) is 23.7 Å². The van der Waals surface area contributed by atoms with Gasteiger partial charge in [0, 0.05) is 46.7 Å². The van der Waals surface area contributed by atoms with Gasteiger partial charge in [0.15, 0.2) is 0 Å². The first-order valence-electron chi connectivity index (χ1n) is 24.0. The van der Waals surface area contributed by atoms with Crippen LogP contribution in [0.25, 0.3) is 72.7 Å². The Morgan fingerprint density at radius 3 is 2.07 bits per heavy atom. The number of aryl methyl sites for hydroxylation is 2. The Bertz CT molecular complexity index is 3230. The Morgan fingerprint density at radius 2 is 1.36 bits per heavy atom. The van der Waals surface area contributed by atoms with E-state index < -0.39 is 43.4 Å². The minimum absolute atomic E-state index is 0. The predicted molar refractivity (Wildman–Crippen MR) is 238 cm³/mol. The predicted octanol–water partition coefficient (Wildman–Crippen LogP) is 13.8. The van der Waals surface area contributed by atoms with Gasteiger partial charge in [-0.2, -0.15) is 0 Å². The fraction of sp³-hybridized carbons (Fsp3) is 0.208. The van der Waals surface area contributed by atoms with E-state index in [9.17, 15) is 5.11 Å². The Labute approximate surface area is 372 Å². The van der Waals surface area contributed by atoms with Crippen molar-refractivity contribution in [2.24, 2.45) is 0 Å². The van der Waals surface area contributed by atoms with Crippen molar-refractivity contribution in [2.45, 2.75) is 73.0 Å². The van der Waals surface area contributed by atoms with Gasteiger partial charge < -0.3 is 5.11 Å². The van der Waals surface area contributed by atoms with Gasteiger partial charge in [0.05, 0.1) is 27.8 Å². The number of rotatable bonds is 6. The number of phenols is 1. The molecule has 0 saturated carbocycles. The molecule has 0 radical (unpaired) electrons. The molecule has 4 nitrogen and oxygen atoms in total. The number of phenolic OH excluding ortho intramolecular Hbond substituents is 1. The second-order valence-electron chi connectivity index (χ2n) is 16.6. The molecule has 1 N–H and O–H groups in total. The normalized spacial score (nSPS) is 14.7. The van der Waals surface area contributed by atoms with E-state index in [1.165, 1.54) is 6.20 Å². The van der Waals surface area contributed by atoms with E-state index in [-0.39, 0.29) is 48.8 Å². The van der Waals surface area contributed by atoms with Gasteiger partial charge in [-0.15, -0.1) is 29.3 Å². The molecule has 0 aliphatic rings. The quantitative estimate of drug-likeness (QED) is 0.169. The molecule has 0 spiro atoms. The number of benzene rings is 6. The van der Waals surface area contributed by atoms with Crippen molar-refractivity contribution >= 4 is 11.0 Å². The third kappa shape index (κ3) is 7.83. The molecule has 0 fully saturated rings. The Balaban J connectivity index is 0.00000684. The molecule has 2 aromatic heterocycles. The van der Waals surface area contributed by atoms with Crippen LogP contribution in [0.2, 0.25) is 0 Å². The van der Waals surface area contributed by atoms with Crippen molar-refractivity contribution in [1.29, 1.82) is 0 Å². The number of aromatic nitrogens is 3. The molecule has 8 aromatic rings. The van der Waals surface area contributed by atoms with Crippen LogP contribution in [0.4, 0.5) is 0 Å². The first kappa shape index (κ1) is 29.6. The second-order valence-corrected chi connectivity index (χ2v) is 16.6. The fourth-order valence-corrected chi connectivity index (χ4v) is 7.18. The molecule has 0 unspecified atom stereocenters. The van der Waals surface area contributed by atoms with Crippen LogP contribution in [0.15, 0.2) is 133 Å². The molecular weight excluding hydrogens is 890 g/mol. The molecule has 0 bridgehead atoms. The largest absolute Gasteiger partial charge is 0.507 e. The van der Waals surface area contributed by atoms with Gasteiger partial charge in [0.2, 0.25) is 0 Å². The van der Waals surface area contributed by atoms with Crippen LogP contribution in [-0.4, -0.2) is 19.6 Å². The number of hydrogen-bond donors (Lipinski definition) is 1. The number of hydrogen-bond acceptors (Lipinski definition) is 3. The molecule has 294 valence electrons. The summed E-state index contributed by atoms with van der Waals surface area (Å²) >= 11 is 0. The summed E-state index contributed by atoms with van der Waals surface area (Å²) < 4.78 is 85.3. The number of aromatic hydroxyl groups is 1. The van der Waals surface area contributed by atoms with Crippen molar-refractivity contribution in [3.63, 3.8) is 0 Å². The van der Waals surface area contributed by atoms with Crippen LogP contribution < -0.4 is 0 Å². The number of imidazole rings is 1. The van der Waals surface area contributed by atoms with Gasteiger partial charge >= 0.3 is 0 Å². The third-order valence-electron chi connectivity index (χ3n) is 10.4. The summed E-state index contributed by atoms with van der Waals surface area (Å²) in [6.45, 7) is 9.24. The minimum Gasteiger partial charge on any atom is -0.507 e. The smallest absolute Gasteiger partial charge is 0.148 e. The zero-order valence-corrected chi connectivity index (χ0v) is 35.8. The summed E-state index contributed by atoms with van der Waals surface area (Å²) in [5.41, 5.74) is 8.04. The first-order chi connectivity index (χ1) is 31.3. The van der Waals surface area contributed by atoms with Crippen LogP contribution >= 0.6 is 0 Å². The SMILES string of the molecule is [2H]c1c([2H])c(C([2H])([2H])[2H])c([2H])c([2H])c1-c1ccnc(-c2[c-]c(-c3cccc4c3nc(-c3cc(C(C)(C)C)cc(C)c3O)n4-c3ccc(C([2H])([2H])[2H])cc3-c3ccccc3)cc(C(C)(C)C)c2)c1.[Pt]. The van der Waals surface area contributed by atoms with Crippen molar-refractivity contribution in [3.8, 4) is 67.5 Å². The Hall–Kier alpha value is -5.57. The van der Waals surface area contributed by atoms with Crippen molar-refractivity contribution in [1.82, 2.24) is 14.5 Å². The van der Waals surface area contributed by atoms with Gasteiger partial charge in [-0.1, -0.05) is 149 Å². The number of nitrogens with zero attached hydrogens (tertiary/aromatic N) is 3. The molecule has 0 aliphatic carbocycles. The van der Waals surface area contributed by atoms with Gasteiger partial charge in [0.25, 0.3) is 0 Å². The summed E-state index contributed by atoms with van der Waals surface area (Å²) in [4.78, 5) is 10.1. The average molecular weight is 950 g/mol. The van der Waals surface area contributed by atoms with Crippen molar-refractivity contribution < 1.29 is 39.9 Å². The third-order valence-corrected chi connectivity index (χ3v) is 10.4. The zero-order valence-electron chi connectivity index (χ0n) is 43.5. The molecule has 0 amide bonds. The number of para-hydroxylation sites is 1. The van der Waals surface area contributed by atoms with Crippen molar-refractivity contribution in [3.05, 3.63) is 167 Å². The van der Waals surface area contributed by atoms with Gasteiger partial charge in [0.1, 0.15) is 11.6 Å². The van der Waals surface area contributed by atoms with Crippen molar-refractivity contribution in [2.75, 3.05) is 0 Å². The topological polar surface area (TPSA) is 50.9 Å². The molecule has 6 aromatic carbocycles. The van der Waals surface area contributed by atoms with Crippen LogP contribution in [0, 0.1) is 26.7 Å². The average Bonchev–Trinajstić information content (AvgIpc) is 3.65. The molecule has 0 aliphatic heterocycles. The van der Waals surface area contributed by atoms with E-state index in [2.05, 4.69) is 53.7 Å². The van der Waals surface area contributed by atoms with E-state index in [0.29, 0.717) is 67.2 Å². The molecule has 58 heavy (non-hydrogen) atoms. The van der Waals surface area contributed by atoms with Gasteiger partial charge in [-0.05, 0) is 89.6 Å². The van der Waals surface area contributed by atoms with Crippen LogP contribution in [0.5, 0.6) is 5.75 Å². The number of fused-ring (bicyclic) bond motifs is 1. The van der Waals surface area contributed by atoms with E-state index >= 15 is 0 Å². The maximum absolute atomic E-state index is 12.0. The molecule has 0 atom stereocenters. The summed E-state index contributed by atoms with van der Waals surface area (Å²) in [6, 6.07) is 33.2. The Kier molecular flexibility index (Phi) is 7.99. The standard InChI is InChI=1S/C53H50N3O.Pt/c1-33-18-21-36(22-19-33)38-24-25-54-46(31-38)40-28-39(29-42(30-40)53(7,8)9)43-16-13-17-48-49(43)55-51(45-32-41(52(4,5)6)27-35(3)50(45)57)56(48)47-23-20-34(2)26-44(47)37-14-11-10-12-15-37;/h10-27,29-32,57H,1-9H3;/q-1;/i1D3,2D3,18D,19D,21D,22D;. The Morgan fingerprint density at radius 1 is 0.655 bits per heavy atom. The summed E-state index contributed by atoms with van der Waals surface area (Å²) in [7, 11) is 0. The molecule has 2 heterocycles. The monoisotopic (exact) mass is 949 g/mol. The van der Waals surface area contributed by atoms with Crippen LogP contribution in [0.1, 0.15) is 83.1 Å². The fourth-order valence-electron chi connectivity index (χ4n) is 7.18.